The van der Waals surface area contributed by atoms with Crippen LogP contribution in [0.1, 0.15) is 18.9 Å². The van der Waals surface area contributed by atoms with Gasteiger partial charge in [0.25, 0.3) is 5.91 Å². The van der Waals surface area contributed by atoms with Gasteiger partial charge in [0.1, 0.15) is 6.10 Å². The van der Waals surface area contributed by atoms with Crippen molar-refractivity contribution in [3.05, 3.63) is 23.8 Å². The summed E-state index contributed by atoms with van der Waals surface area (Å²) >= 11 is 0. The zero-order valence-corrected chi connectivity index (χ0v) is 12.8. The number of benzene rings is 1. The second kappa shape index (κ2) is 7.65. The fourth-order valence-corrected chi connectivity index (χ4v) is 2.18. The first-order chi connectivity index (χ1) is 10.9. The molecule has 0 aromatic heterocycles. The Labute approximate surface area is 132 Å². The molecular weight excluding hydrogens is 311 g/mol. The zero-order chi connectivity index (χ0) is 16.9. The molecule has 0 unspecified atom stereocenters. The molecule has 1 heterocycles. The van der Waals surface area contributed by atoms with E-state index < -0.39 is 23.8 Å². The number of hydrogen-bond acceptors (Lipinski definition) is 4. The van der Waals surface area contributed by atoms with Crippen LogP contribution in [0.4, 0.5) is 24.5 Å². The second-order valence-electron chi connectivity index (χ2n) is 5.24. The molecule has 23 heavy (non-hydrogen) atoms. The Morgan fingerprint density at radius 2 is 2.17 bits per heavy atom. The highest BCUT2D eigenvalue weighted by molar-refractivity contribution is 5.97. The van der Waals surface area contributed by atoms with Gasteiger partial charge in [0.15, 0.2) is 0 Å². The molecular formula is C15H20F3N3O2. The molecule has 0 saturated carbocycles. The number of halogens is 3. The van der Waals surface area contributed by atoms with Crippen molar-refractivity contribution in [1.82, 2.24) is 5.32 Å². The second-order valence-corrected chi connectivity index (χ2v) is 5.24. The van der Waals surface area contributed by atoms with Crippen molar-refractivity contribution >= 4 is 17.3 Å². The van der Waals surface area contributed by atoms with Crippen LogP contribution in [0.3, 0.4) is 0 Å². The molecule has 0 aliphatic carbocycles. The number of rotatable bonds is 5. The topological polar surface area (TPSA) is 62.4 Å². The monoisotopic (exact) mass is 331 g/mol. The van der Waals surface area contributed by atoms with E-state index in [-0.39, 0.29) is 5.69 Å². The first-order valence-corrected chi connectivity index (χ1v) is 7.50. The number of ether oxygens (including phenoxy) is 1. The lowest BCUT2D eigenvalue weighted by Crippen LogP contribution is -2.45. The fraction of sp³-hybridized carbons (Fsp3) is 0.533. The summed E-state index contributed by atoms with van der Waals surface area (Å²) in [5, 5.41) is 8.55. The van der Waals surface area contributed by atoms with Crippen LogP contribution in [0.25, 0.3) is 0 Å². The summed E-state index contributed by atoms with van der Waals surface area (Å²) in [5.74, 6) is -0.462. The van der Waals surface area contributed by atoms with Gasteiger partial charge in [0, 0.05) is 19.6 Å². The van der Waals surface area contributed by atoms with Gasteiger partial charge in [0.05, 0.1) is 23.5 Å². The molecule has 1 atom stereocenters. The molecule has 5 nitrogen and oxygen atoms in total. The van der Waals surface area contributed by atoms with E-state index in [0.717, 1.165) is 18.6 Å². The Balaban J connectivity index is 2.19. The van der Waals surface area contributed by atoms with Crippen molar-refractivity contribution in [2.24, 2.45) is 0 Å². The van der Waals surface area contributed by atoms with Crippen molar-refractivity contribution in [1.29, 1.82) is 0 Å². The molecule has 1 aliphatic heterocycles. The van der Waals surface area contributed by atoms with Gasteiger partial charge >= 0.3 is 6.18 Å². The molecule has 1 aromatic rings. The van der Waals surface area contributed by atoms with Gasteiger partial charge in [-0.2, -0.15) is 13.2 Å². The first kappa shape index (κ1) is 17.6. The maximum Gasteiger partial charge on any atom is 0.416 e. The van der Waals surface area contributed by atoms with Crippen molar-refractivity contribution < 1.29 is 22.7 Å². The lowest BCUT2D eigenvalue weighted by molar-refractivity contribution is -0.137. The third-order valence-electron chi connectivity index (χ3n) is 3.39. The number of alkyl halides is 3. The minimum Gasteiger partial charge on any atom is -0.383 e. The number of anilines is 2. The Morgan fingerprint density at radius 1 is 1.39 bits per heavy atom. The van der Waals surface area contributed by atoms with Crippen molar-refractivity contribution in [2.45, 2.75) is 25.6 Å². The normalized spacial score (nSPS) is 18.5. The van der Waals surface area contributed by atoms with Crippen molar-refractivity contribution in [2.75, 3.05) is 36.9 Å². The predicted molar refractivity (Wildman–Crippen MR) is 81.5 cm³/mol. The minimum absolute atomic E-state index is 0.104. The van der Waals surface area contributed by atoms with Gasteiger partial charge in [-0.15, -0.1) is 0 Å². The van der Waals surface area contributed by atoms with Gasteiger partial charge in [-0.05, 0) is 24.6 Å². The van der Waals surface area contributed by atoms with Crippen molar-refractivity contribution in [3.8, 4) is 0 Å². The number of hydrogen-bond donors (Lipinski definition) is 3. The number of nitrogens with one attached hydrogen (secondary N) is 3. The molecule has 0 bridgehead atoms. The van der Waals surface area contributed by atoms with E-state index in [1.54, 1.807) is 0 Å². The Hall–Kier alpha value is -1.80. The third-order valence-corrected chi connectivity index (χ3v) is 3.39. The summed E-state index contributed by atoms with van der Waals surface area (Å²) in [6.07, 6.45) is -4.37. The van der Waals surface area contributed by atoms with Gasteiger partial charge < -0.3 is 20.7 Å². The molecule has 128 valence electrons. The summed E-state index contributed by atoms with van der Waals surface area (Å²) in [6.45, 7) is 3.91. The largest absolute Gasteiger partial charge is 0.416 e. The molecule has 0 spiro atoms. The third kappa shape index (κ3) is 4.84. The van der Waals surface area contributed by atoms with Crippen LogP contribution in [-0.4, -0.2) is 38.3 Å². The van der Waals surface area contributed by atoms with Crippen LogP contribution in [0, 0.1) is 0 Å². The summed E-state index contributed by atoms with van der Waals surface area (Å²) in [7, 11) is 0. The predicted octanol–water partition coefficient (Wildman–Crippen LogP) is 2.45. The van der Waals surface area contributed by atoms with Crippen molar-refractivity contribution in [3.63, 3.8) is 0 Å². The van der Waals surface area contributed by atoms with Crippen LogP contribution in [0.15, 0.2) is 18.2 Å². The number of carbonyl (C=O) groups excluding carboxylic acids is 1. The highest BCUT2D eigenvalue weighted by Crippen LogP contribution is 2.34. The van der Waals surface area contributed by atoms with E-state index in [9.17, 15) is 18.0 Å². The quantitative estimate of drug-likeness (QED) is 0.776. The molecule has 1 aromatic carbocycles. The van der Waals surface area contributed by atoms with Gasteiger partial charge in [-0.3, -0.25) is 4.79 Å². The Morgan fingerprint density at radius 3 is 2.78 bits per heavy atom. The fourth-order valence-electron chi connectivity index (χ4n) is 2.18. The van der Waals surface area contributed by atoms with Gasteiger partial charge in [-0.25, -0.2) is 0 Å². The molecule has 1 aliphatic rings. The van der Waals surface area contributed by atoms with E-state index in [1.807, 2.05) is 6.92 Å². The highest BCUT2D eigenvalue weighted by atomic mass is 19.4. The van der Waals surface area contributed by atoms with E-state index in [1.165, 1.54) is 6.07 Å². The maximum absolute atomic E-state index is 12.9. The first-order valence-electron chi connectivity index (χ1n) is 7.50. The maximum atomic E-state index is 12.9. The Kier molecular flexibility index (Phi) is 5.84. The van der Waals surface area contributed by atoms with E-state index in [2.05, 4.69) is 16.0 Å². The summed E-state index contributed by atoms with van der Waals surface area (Å²) in [4.78, 5) is 12.2. The molecule has 0 radical (unpaired) electrons. The Bertz CT molecular complexity index is 543. The average molecular weight is 331 g/mol. The summed E-state index contributed by atoms with van der Waals surface area (Å²) in [5.41, 5.74) is -0.248. The molecule has 1 saturated heterocycles. The molecule has 1 amide bonds. The number of morpholine rings is 1. The van der Waals surface area contributed by atoms with Crippen LogP contribution in [0.2, 0.25) is 0 Å². The standard InChI is InChI=1S/C15H20F3N3O2/c1-2-5-20-11-4-3-10(15(16,17)18)8-12(11)21-14(22)13-9-19-6-7-23-13/h3-4,8,13,19-20H,2,5-7,9H2,1H3,(H,21,22)/t13-/m1/s1. The SMILES string of the molecule is CCCNc1ccc(C(F)(F)F)cc1NC(=O)[C@H]1CNCCO1. The lowest BCUT2D eigenvalue weighted by atomic mass is 10.1. The average Bonchev–Trinajstić information content (AvgIpc) is 2.53. The summed E-state index contributed by atoms with van der Waals surface area (Å²) < 4.78 is 43.9. The van der Waals surface area contributed by atoms with Crippen LogP contribution in [-0.2, 0) is 15.7 Å². The molecule has 1 fully saturated rings. The van der Waals surface area contributed by atoms with Gasteiger partial charge in [0.2, 0.25) is 0 Å². The molecule has 2 rings (SSSR count). The highest BCUT2D eigenvalue weighted by Gasteiger charge is 2.31. The summed E-state index contributed by atoms with van der Waals surface area (Å²) in [6, 6.07) is 3.26. The van der Waals surface area contributed by atoms with E-state index in [4.69, 9.17) is 4.74 Å². The minimum atomic E-state index is -4.47. The van der Waals surface area contributed by atoms with Crippen LogP contribution in [0.5, 0.6) is 0 Å². The van der Waals surface area contributed by atoms with Crippen LogP contribution >= 0.6 is 0 Å². The van der Waals surface area contributed by atoms with E-state index >= 15 is 0 Å². The molecule has 8 heteroatoms. The molecule has 3 N–H and O–H groups in total. The smallest absolute Gasteiger partial charge is 0.383 e. The number of amides is 1. The number of carbonyl (C=O) groups is 1. The zero-order valence-electron chi connectivity index (χ0n) is 12.8. The lowest BCUT2D eigenvalue weighted by Gasteiger charge is -2.23. The van der Waals surface area contributed by atoms with E-state index in [0.29, 0.717) is 31.9 Å². The van der Waals surface area contributed by atoms with Gasteiger partial charge in [-0.1, -0.05) is 6.92 Å². The van der Waals surface area contributed by atoms with Crippen LogP contribution < -0.4 is 16.0 Å².